The minimum atomic E-state index is -0.0757. The van der Waals surface area contributed by atoms with Crippen LogP contribution in [0.1, 0.15) is 42.2 Å². The molecule has 7 heteroatoms. The van der Waals surface area contributed by atoms with Gasteiger partial charge in [0, 0.05) is 18.3 Å². The molecule has 0 aromatic carbocycles. The average molecular weight is 328 g/mol. The number of halogens is 2. The first-order valence-electron chi connectivity index (χ1n) is 6.06. The lowest BCUT2D eigenvalue weighted by atomic mass is 10.1. The number of aromatic nitrogens is 1. The third-order valence-corrected chi connectivity index (χ3v) is 3.15. The van der Waals surface area contributed by atoms with Crippen LogP contribution in [0.4, 0.5) is 0 Å². The summed E-state index contributed by atoms with van der Waals surface area (Å²) in [5, 5.41) is 5.71. The molecule has 0 bridgehead atoms. The van der Waals surface area contributed by atoms with Gasteiger partial charge < -0.3 is 11.1 Å². The minimum Gasteiger partial charge on any atom is -0.351 e. The summed E-state index contributed by atoms with van der Waals surface area (Å²) < 4.78 is 0. The number of nitrogens with one attached hydrogen (secondary N) is 1. The summed E-state index contributed by atoms with van der Waals surface area (Å²) in [5.41, 5.74) is 5.92. The molecule has 1 aromatic heterocycles. The topological polar surface area (TPSA) is 68.0 Å². The predicted octanol–water partition coefficient (Wildman–Crippen LogP) is 2.65. The molecule has 1 rings (SSSR count). The Labute approximate surface area is 131 Å². The fourth-order valence-electron chi connectivity index (χ4n) is 1.42. The van der Waals surface area contributed by atoms with Gasteiger partial charge in [0.05, 0.1) is 5.01 Å². The molecule has 0 atom stereocenters. The summed E-state index contributed by atoms with van der Waals surface area (Å²) in [6.07, 6.45) is 2.80. The highest BCUT2D eigenvalue weighted by Crippen LogP contribution is 2.14. The monoisotopic (exact) mass is 327 g/mol. The van der Waals surface area contributed by atoms with Gasteiger partial charge in [0.15, 0.2) is 0 Å². The Hall–Kier alpha value is -0.360. The second kappa shape index (κ2) is 11.5. The summed E-state index contributed by atoms with van der Waals surface area (Å²) in [6.45, 7) is 5.64. The van der Waals surface area contributed by atoms with E-state index in [0.717, 1.165) is 24.3 Å². The van der Waals surface area contributed by atoms with E-state index in [0.29, 0.717) is 24.7 Å². The Kier molecular flexibility index (Phi) is 12.6. The molecule has 0 aliphatic carbocycles. The molecule has 1 amide bonds. The Morgan fingerprint density at radius 2 is 2.11 bits per heavy atom. The molecule has 0 saturated carbocycles. The van der Waals surface area contributed by atoms with Crippen molar-refractivity contribution in [2.75, 3.05) is 13.1 Å². The van der Waals surface area contributed by atoms with Crippen LogP contribution in [0.3, 0.4) is 0 Å². The zero-order valence-electron chi connectivity index (χ0n) is 11.3. The number of hydrogen-bond donors (Lipinski definition) is 2. The highest BCUT2D eigenvalue weighted by molar-refractivity contribution is 7.09. The first-order chi connectivity index (χ1) is 8.13. The SMILES string of the molecule is CC(C)Cc1nc(C(=O)NCCCCN)cs1.Cl.Cl. The summed E-state index contributed by atoms with van der Waals surface area (Å²) in [6, 6.07) is 0. The Balaban J connectivity index is 0. The van der Waals surface area contributed by atoms with Crippen LogP contribution in [-0.4, -0.2) is 24.0 Å². The van der Waals surface area contributed by atoms with Crippen LogP contribution in [-0.2, 0) is 6.42 Å². The molecule has 1 heterocycles. The van der Waals surface area contributed by atoms with Crippen LogP contribution in [0.15, 0.2) is 5.38 Å². The van der Waals surface area contributed by atoms with Crippen molar-refractivity contribution in [3.8, 4) is 0 Å². The second-order valence-electron chi connectivity index (χ2n) is 4.48. The lowest BCUT2D eigenvalue weighted by Crippen LogP contribution is -2.25. The number of rotatable bonds is 7. The van der Waals surface area contributed by atoms with Gasteiger partial charge in [-0.3, -0.25) is 4.79 Å². The first kappa shape index (κ1) is 20.9. The van der Waals surface area contributed by atoms with Crippen molar-refractivity contribution in [3.05, 3.63) is 16.1 Å². The summed E-state index contributed by atoms with van der Waals surface area (Å²) in [7, 11) is 0. The van der Waals surface area contributed by atoms with Gasteiger partial charge in [0.2, 0.25) is 0 Å². The smallest absolute Gasteiger partial charge is 0.270 e. The fraction of sp³-hybridized carbons (Fsp3) is 0.667. The van der Waals surface area contributed by atoms with Gasteiger partial charge in [-0.05, 0) is 25.3 Å². The van der Waals surface area contributed by atoms with Crippen molar-refractivity contribution >= 4 is 42.1 Å². The van der Waals surface area contributed by atoms with Crippen LogP contribution in [0.2, 0.25) is 0 Å². The Morgan fingerprint density at radius 3 is 2.68 bits per heavy atom. The predicted molar refractivity (Wildman–Crippen MR) is 85.8 cm³/mol. The molecule has 0 fully saturated rings. The van der Waals surface area contributed by atoms with Crippen molar-refractivity contribution in [1.82, 2.24) is 10.3 Å². The molecule has 0 unspecified atom stereocenters. The van der Waals surface area contributed by atoms with Gasteiger partial charge in [-0.15, -0.1) is 36.2 Å². The van der Waals surface area contributed by atoms with Crippen molar-refractivity contribution in [1.29, 1.82) is 0 Å². The molecule has 3 N–H and O–H groups in total. The maximum Gasteiger partial charge on any atom is 0.270 e. The lowest BCUT2D eigenvalue weighted by Gasteiger charge is -2.02. The van der Waals surface area contributed by atoms with Crippen LogP contribution in [0.25, 0.3) is 0 Å². The highest BCUT2D eigenvalue weighted by atomic mass is 35.5. The largest absolute Gasteiger partial charge is 0.351 e. The van der Waals surface area contributed by atoms with E-state index in [1.807, 2.05) is 5.38 Å². The first-order valence-corrected chi connectivity index (χ1v) is 6.94. The van der Waals surface area contributed by atoms with E-state index in [1.165, 1.54) is 0 Å². The average Bonchev–Trinajstić information content (AvgIpc) is 2.71. The maximum absolute atomic E-state index is 11.7. The fourth-order valence-corrected chi connectivity index (χ4v) is 2.41. The van der Waals surface area contributed by atoms with Crippen molar-refractivity contribution in [2.45, 2.75) is 33.1 Å². The molecule has 112 valence electrons. The van der Waals surface area contributed by atoms with Crippen molar-refractivity contribution in [2.24, 2.45) is 11.7 Å². The normalized spacial score (nSPS) is 9.68. The molecule has 1 aromatic rings. The number of hydrogen-bond acceptors (Lipinski definition) is 4. The number of carbonyl (C=O) groups excluding carboxylic acids is 1. The molecule has 0 aliphatic rings. The maximum atomic E-state index is 11.7. The van der Waals surface area contributed by atoms with Crippen LogP contribution in [0, 0.1) is 5.92 Å². The van der Waals surface area contributed by atoms with E-state index in [9.17, 15) is 4.79 Å². The summed E-state index contributed by atoms with van der Waals surface area (Å²) >= 11 is 1.56. The summed E-state index contributed by atoms with van der Waals surface area (Å²) in [4.78, 5) is 16.0. The number of nitrogens with two attached hydrogens (primary N) is 1. The van der Waals surface area contributed by atoms with Gasteiger partial charge in [-0.25, -0.2) is 4.98 Å². The number of carbonyl (C=O) groups is 1. The number of amides is 1. The zero-order valence-corrected chi connectivity index (χ0v) is 13.8. The van der Waals surface area contributed by atoms with Crippen LogP contribution >= 0.6 is 36.2 Å². The van der Waals surface area contributed by atoms with Crippen LogP contribution < -0.4 is 11.1 Å². The Bertz CT molecular complexity index is 358. The molecular weight excluding hydrogens is 305 g/mol. The zero-order chi connectivity index (χ0) is 12.7. The van der Waals surface area contributed by atoms with E-state index in [4.69, 9.17) is 5.73 Å². The molecule has 0 spiro atoms. The standard InChI is InChI=1S/C12H21N3OS.2ClH/c1-9(2)7-11-15-10(8-17-11)12(16)14-6-4-3-5-13;;/h8-9H,3-7,13H2,1-2H3,(H,14,16);2*1H. The van der Waals surface area contributed by atoms with Crippen molar-refractivity contribution in [3.63, 3.8) is 0 Å². The van der Waals surface area contributed by atoms with E-state index < -0.39 is 0 Å². The highest BCUT2D eigenvalue weighted by Gasteiger charge is 2.10. The van der Waals surface area contributed by atoms with Gasteiger partial charge in [-0.2, -0.15) is 0 Å². The van der Waals surface area contributed by atoms with E-state index in [1.54, 1.807) is 11.3 Å². The van der Waals surface area contributed by atoms with E-state index in [2.05, 4.69) is 24.1 Å². The second-order valence-corrected chi connectivity index (χ2v) is 5.42. The minimum absolute atomic E-state index is 0. The van der Waals surface area contributed by atoms with Gasteiger partial charge in [0.25, 0.3) is 5.91 Å². The summed E-state index contributed by atoms with van der Waals surface area (Å²) in [5.74, 6) is 0.495. The molecule has 19 heavy (non-hydrogen) atoms. The van der Waals surface area contributed by atoms with Crippen LogP contribution in [0.5, 0.6) is 0 Å². The molecule has 0 saturated heterocycles. The van der Waals surface area contributed by atoms with E-state index >= 15 is 0 Å². The molecule has 0 aliphatic heterocycles. The van der Waals surface area contributed by atoms with Gasteiger partial charge >= 0.3 is 0 Å². The van der Waals surface area contributed by atoms with Gasteiger partial charge in [0.1, 0.15) is 5.69 Å². The molecule has 4 nitrogen and oxygen atoms in total. The lowest BCUT2D eigenvalue weighted by molar-refractivity contribution is 0.0948. The molecular formula is C12H23Cl2N3OS. The number of nitrogens with zero attached hydrogens (tertiary/aromatic N) is 1. The third-order valence-electron chi connectivity index (χ3n) is 2.28. The number of unbranched alkanes of at least 4 members (excludes halogenated alkanes) is 1. The Morgan fingerprint density at radius 1 is 1.42 bits per heavy atom. The van der Waals surface area contributed by atoms with E-state index in [-0.39, 0.29) is 30.7 Å². The number of thiazole rings is 1. The van der Waals surface area contributed by atoms with Crippen molar-refractivity contribution < 1.29 is 4.79 Å². The quantitative estimate of drug-likeness (QED) is 0.756. The molecule has 0 radical (unpaired) electrons. The third kappa shape index (κ3) is 8.42. The van der Waals surface area contributed by atoms with Gasteiger partial charge in [-0.1, -0.05) is 13.8 Å².